The lowest BCUT2D eigenvalue weighted by molar-refractivity contribution is -0.143. The number of amides is 4. The van der Waals surface area contributed by atoms with Gasteiger partial charge in [-0.25, -0.2) is 9.18 Å². The van der Waals surface area contributed by atoms with Crippen LogP contribution in [0.25, 0.3) is 22.0 Å². The van der Waals surface area contributed by atoms with Crippen LogP contribution in [-0.4, -0.2) is 76.2 Å². The van der Waals surface area contributed by atoms with E-state index in [1.54, 1.807) is 36.5 Å². The molecule has 13 nitrogen and oxygen atoms in total. The highest BCUT2D eigenvalue weighted by Crippen LogP contribution is 2.24. The third kappa shape index (κ3) is 13.2. The number of para-hydroxylation sites is 1. The molecule has 362 valence electrons. The molecule has 0 spiro atoms. The standard InChI is InChI=1S/C57H54FN5O8/c58-46-17-9-7-15-41(46)31-49-52(64)33-42(54(66)61-48(57(69)70)28-23-36-11-3-1-4-12-36)29-37-21-26-44(27-22-37)71-35-53(65)60-51(32-43-34-59-47-18-10-8-16-45(43)47)56(68)63-50(55(67)62-49)30-38-19-24-40(25-20-38)39-13-5-2-6-14-39/h1-22,24-27,34,42,48-51,59H,23,28-33,35H2,(H,60,65)(H,61,66)(H,62,67)(H,63,68)(H,69,70)/t42-,48+,49-,50+,51-/m0/s1. The van der Waals surface area contributed by atoms with Gasteiger partial charge in [-0.3, -0.25) is 24.0 Å². The zero-order valence-corrected chi connectivity index (χ0v) is 38.8. The number of hydrogen-bond acceptors (Lipinski definition) is 7. The molecule has 9 rings (SSSR count). The molecule has 6 aromatic carbocycles. The lowest BCUT2D eigenvalue weighted by Crippen LogP contribution is -2.57. The zero-order chi connectivity index (χ0) is 49.7. The molecule has 1 aromatic heterocycles. The van der Waals surface area contributed by atoms with Crippen molar-refractivity contribution in [1.29, 1.82) is 0 Å². The van der Waals surface area contributed by atoms with Crippen molar-refractivity contribution in [1.82, 2.24) is 26.3 Å². The van der Waals surface area contributed by atoms with Gasteiger partial charge in [0.2, 0.25) is 17.7 Å². The molecule has 0 radical (unpaired) electrons. The molecule has 3 heterocycles. The molecule has 71 heavy (non-hydrogen) atoms. The number of benzene rings is 6. The molecule has 0 aliphatic carbocycles. The predicted molar refractivity (Wildman–Crippen MR) is 267 cm³/mol. The highest BCUT2D eigenvalue weighted by Gasteiger charge is 2.34. The normalized spacial score (nSPS) is 18.4. The number of H-pyrrole nitrogens is 1. The quantitative estimate of drug-likeness (QED) is 0.0674. The number of carboxylic acid groups (broad SMARTS) is 1. The van der Waals surface area contributed by atoms with E-state index in [4.69, 9.17) is 4.74 Å². The number of carbonyl (C=O) groups is 6. The maximum atomic E-state index is 15.5. The number of nitrogens with one attached hydrogen (secondary N) is 5. The fraction of sp³-hybridized carbons (Fsp3) is 0.228. The van der Waals surface area contributed by atoms with Crippen LogP contribution in [0.4, 0.5) is 4.39 Å². The number of ketones is 1. The van der Waals surface area contributed by atoms with E-state index < -0.39 is 84.3 Å². The molecular weight excluding hydrogens is 902 g/mol. The molecular formula is C57H54FN5O8. The van der Waals surface area contributed by atoms with Crippen LogP contribution < -0.4 is 26.0 Å². The molecule has 4 amide bonds. The fourth-order valence-electron chi connectivity index (χ4n) is 8.85. The second-order valence-corrected chi connectivity index (χ2v) is 17.8. The van der Waals surface area contributed by atoms with E-state index in [9.17, 15) is 33.9 Å². The molecule has 5 atom stereocenters. The Kier molecular flexibility index (Phi) is 16.1. The molecule has 2 aliphatic heterocycles. The van der Waals surface area contributed by atoms with Crippen molar-refractivity contribution < 1.29 is 43.0 Å². The second kappa shape index (κ2) is 23.3. The highest BCUT2D eigenvalue weighted by molar-refractivity contribution is 5.97. The van der Waals surface area contributed by atoms with Crippen molar-refractivity contribution in [3.05, 3.63) is 198 Å². The van der Waals surface area contributed by atoms with Gasteiger partial charge in [-0.05, 0) is 82.5 Å². The molecule has 0 unspecified atom stereocenters. The van der Waals surface area contributed by atoms with E-state index in [-0.39, 0.29) is 37.7 Å². The van der Waals surface area contributed by atoms with E-state index in [1.165, 1.54) is 18.2 Å². The molecule has 0 saturated heterocycles. The third-order valence-electron chi connectivity index (χ3n) is 12.7. The number of halogens is 1. The van der Waals surface area contributed by atoms with Crippen molar-refractivity contribution in [3.8, 4) is 16.9 Å². The van der Waals surface area contributed by atoms with Gasteiger partial charge in [-0.15, -0.1) is 0 Å². The Bertz CT molecular complexity index is 2980. The summed E-state index contributed by atoms with van der Waals surface area (Å²) in [7, 11) is 0. The average molecular weight is 956 g/mol. The lowest BCUT2D eigenvalue weighted by atomic mass is 9.89. The number of hydrogen-bond donors (Lipinski definition) is 6. The smallest absolute Gasteiger partial charge is 0.326 e. The van der Waals surface area contributed by atoms with Gasteiger partial charge >= 0.3 is 5.97 Å². The van der Waals surface area contributed by atoms with Crippen molar-refractivity contribution in [2.75, 3.05) is 6.61 Å². The van der Waals surface area contributed by atoms with E-state index in [2.05, 4.69) is 26.3 Å². The number of ether oxygens (including phenoxy) is 1. The Morgan fingerprint density at radius 3 is 1.97 bits per heavy atom. The third-order valence-corrected chi connectivity index (χ3v) is 12.7. The van der Waals surface area contributed by atoms with Gasteiger partial charge in [-0.1, -0.05) is 133 Å². The number of aryl methyl sites for hydroxylation is 1. The van der Waals surface area contributed by atoms with Gasteiger partial charge < -0.3 is 36.1 Å². The summed E-state index contributed by atoms with van der Waals surface area (Å²) in [4.78, 5) is 88.0. The Labute approximate surface area is 410 Å². The summed E-state index contributed by atoms with van der Waals surface area (Å²) in [6.07, 6.45) is 1.35. The Hall–Kier alpha value is -8.39. The molecule has 14 heteroatoms. The maximum Gasteiger partial charge on any atom is 0.326 e. The van der Waals surface area contributed by atoms with Gasteiger partial charge in [0.1, 0.15) is 29.7 Å². The first kappa shape index (κ1) is 49.0. The van der Waals surface area contributed by atoms with Gasteiger partial charge in [0.25, 0.3) is 5.91 Å². The Morgan fingerprint density at radius 1 is 0.634 bits per heavy atom. The first-order chi connectivity index (χ1) is 34.4. The van der Waals surface area contributed by atoms with Gasteiger partial charge in [0, 0.05) is 48.7 Å². The first-order valence-corrected chi connectivity index (χ1v) is 23.6. The van der Waals surface area contributed by atoms with Crippen LogP contribution in [0.1, 0.15) is 40.7 Å². The second-order valence-electron chi connectivity index (χ2n) is 17.8. The van der Waals surface area contributed by atoms with Gasteiger partial charge in [0.05, 0.1) is 6.04 Å². The summed E-state index contributed by atoms with van der Waals surface area (Å²) in [5, 5.41) is 22.2. The lowest BCUT2D eigenvalue weighted by Gasteiger charge is -2.27. The topological polar surface area (TPSA) is 196 Å². The summed E-state index contributed by atoms with van der Waals surface area (Å²) in [6.45, 7) is -0.467. The maximum absolute atomic E-state index is 15.5. The summed E-state index contributed by atoms with van der Waals surface area (Å²) >= 11 is 0. The molecule has 2 aliphatic rings. The fourth-order valence-corrected chi connectivity index (χ4v) is 8.85. The predicted octanol–water partition coefficient (Wildman–Crippen LogP) is 6.87. The number of carbonyl (C=O) groups excluding carboxylic acids is 5. The summed E-state index contributed by atoms with van der Waals surface area (Å²) in [5.74, 6) is -6.13. The van der Waals surface area contributed by atoms with Gasteiger partial charge in [0.15, 0.2) is 12.4 Å². The van der Waals surface area contributed by atoms with Crippen LogP contribution in [-0.2, 0) is 60.9 Å². The first-order valence-electron chi connectivity index (χ1n) is 23.6. The number of aromatic amines is 1. The van der Waals surface area contributed by atoms with Crippen LogP contribution in [0.5, 0.6) is 5.75 Å². The van der Waals surface area contributed by atoms with Crippen LogP contribution in [0.15, 0.2) is 164 Å². The largest absolute Gasteiger partial charge is 0.484 e. The zero-order valence-electron chi connectivity index (χ0n) is 38.8. The van der Waals surface area contributed by atoms with E-state index in [0.29, 0.717) is 23.3 Å². The van der Waals surface area contributed by atoms with E-state index in [1.807, 2.05) is 109 Å². The van der Waals surface area contributed by atoms with Crippen LogP contribution in [0, 0.1) is 11.7 Å². The monoisotopic (exact) mass is 955 g/mol. The van der Waals surface area contributed by atoms with E-state index in [0.717, 1.165) is 33.2 Å². The molecule has 2 bridgehead atoms. The van der Waals surface area contributed by atoms with E-state index >= 15 is 4.39 Å². The Morgan fingerprint density at radius 2 is 1.25 bits per heavy atom. The SMILES string of the molecule is O=C1COc2ccc(cc2)C[C@H](C(=O)N[C@H](CCc2ccccc2)C(=O)O)CC(=O)[C@H](Cc2ccccc2F)NC(=O)[C@@H](Cc2ccc(-c3ccccc3)cc2)NC(=O)[C@H](Cc2c[nH]c3ccccc23)N1. The summed E-state index contributed by atoms with van der Waals surface area (Å²) < 4.78 is 21.3. The van der Waals surface area contributed by atoms with Crippen molar-refractivity contribution in [2.24, 2.45) is 5.92 Å². The average Bonchev–Trinajstić information content (AvgIpc) is 3.79. The molecule has 0 fully saturated rings. The summed E-state index contributed by atoms with van der Waals surface area (Å²) in [6, 6.07) is 41.0. The van der Waals surface area contributed by atoms with Crippen molar-refractivity contribution >= 4 is 46.3 Å². The number of Topliss-reactive ketones (excluding diaryl/α,β-unsaturated/α-hetero) is 1. The highest BCUT2D eigenvalue weighted by atomic mass is 19.1. The van der Waals surface area contributed by atoms with Crippen molar-refractivity contribution in [2.45, 2.75) is 69.1 Å². The molecule has 7 aromatic rings. The number of carboxylic acids is 1. The van der Waals surface area contributed by atoms with Crippen LogP contribution in [0.2, 0.25) is 0 Å². The number of fused-ring (bicyclic) bond motifs is 17. The van der Waals surface area contributed by atoms with Gasteiger partial charge in [-0.2, -0.15) is 0 Å². The number of aromatic nitrogens is 1. The minimum atomic E-state index is -1.41. The summed E-state index contributed by atoms with van der Waals surface area (Å²) in [5.41, 5.74) is 5.69. The molecule has 6 N–H and O–H groups in total. The van der Waals surface area contributed by atoms with Crippen molar-refractivity contribution in [3.63, 3.8) is 0 Å². The minimum Gasteiger partial charge on any atom is -0.484 e. The minimum absolute atomic E-state index is 0.0308. The molecule has 0 saturated carbocycles. The number of aliphatic carboxylic acids is 1. The number of rotatable bonds is 13. The van der Waals surface area contributed by atoms with Crippen LogP contribution >= 0.6 is 0 Å². The van der Waals surface area contributed by atoms with Crippen LogP contribution in [0.3, 0.4) is 0 Å². The Balaban J connectivity index is 1.14.